The van der Waals surface area contributed by atoms with Crippen molar-refractivity contribution in [3.63, 3.8) is 0 Å². The average Bonchev–Trinajstić information content (AvgIpc) is 3.11. The maximum absolute atomic E-state index is 12.9. The predicted octanol–water partition coefficient (Wildman–Crippen LogP) is 7.48. The van der Waals surface area contributed by atoms with Gasteiger partial charge < -0.3 is 10.1 Å². The first-order chi connectivity index (χ1) is 18.0. The molecule has 1 aliphatic rings. The van der Waals surface area contributed by atoms with Gasteiger partial charge in [-0.15, -0.1) is 0 Å². The first-order valence-electron chi connectivity index (χ1n) is 10.9. The number of hydrogen-bond acceptors (Lipinski definition) is 5. The van der Waals surface area contributed by atoms with Gasteiger partial charge >= 0.3 is 6.18 Å². The SMILES string of the molecule is O=C(CN1C(=O)S/C(=C\c2cc(Br)ccc2OCc2ccc(Br)cc2)C1=O)Nc1cccc(C(F)(F)F)c1. The molecule has 0 aromatic heterocycles. The third-order valence-corrected chi connectivity index (χ3v) is 7.14. The number of halogens is 5. The molecule has 38 heavy (non-hydrogen) atoms. The predicted molar refractivity (Wildman–Crippen MR) is 145 cm³/mol. The van der Waals surface area contributed by atoms with Crippen molar-refractivity contribution >= 4 is 72.4 Å². The van der Waals surface area contributed by atoms with Gasteiger partial charge in [0, 0.05) is 20.2 Å². The molecule has 6 nitrogen and oxygen atoms in total. The van der Waals surface area contributed by atoms with Crippen LogP contribution in [0, 0.1) is 0 Å². The highest BCUT2D eigenvalue weighted by molar-refractivity contribution is 9.10. The molecule has 1 fully saturated rings. The van der Waals surface area contributed by atoms with Crippen LogP contribution in [0.3, 0.4) is 0 Å². The summed E-state index contributed by atoms with van der Waals surface area (Å²) >= 11 is 7.42. The van der Waals surface area contributed by atoms with E-state index in [1.807, 2.05) is 24.3 Å². The van der Waals surface area contributed by atoms with E-state index in [1.54, 1.807) is 18.2 Å². The molecule has 0 radical (unpaired) electrons. The number of imide groups is 1. The van der Waals surface area contributed by atoms with Gasteiger partial charge in [0.25, 0.3) is 11.1 Å². The molecule has 0 aliphatic carbocycles. The molecule has 1 heterocycles. The van der Waals surface area contributed by atoms with Crippen LogP contribution in [0.1, 0.15) is 16.7 Å². The molecule has 1 aliphatic heterocycles. The molecule has 0 saturated carbocycles. The normalized spacial score (nSPS) is 14.8. The first kappa shape index (κ1) is 27.9. The number of carbonyl (C=O) groups excluding carboxylic acids is 3. The third kappa shape index (κ3) is 7.06. The molecule has 1 saturated heterocycles. The number of nitrogens with one attached hydrogen (secondary N) is 1. The fourth-order valence-electron chi connectivity index (χ4n) is 3.40. The standard InChI is InChI=1S/C26H17Br2F3N2O4S/c27-18-6-4-15(5-7-18)14-37-21-9-8-19(28)10-16(21)11-22-24(35)33(25(36)38-22)13-23(34)32-20-3-1-2-17(12-20)26(29,30)31/h1-12H,13-14H2,(H,32,34)/b22-11-. The maximum atomic E-state index is 12.9. The highest BCUT2D eigenvalue weighted by atomic mass is 79.9. The van der Waals surface area contributed by atoms with Crippen molar-refractivity contribution in [3.8, 4) is 5.75 Å². The number of ether oxygens (including phenoxy) is 1. The number of thioether (sulfide) groups is 1. The average molecular weight is 670 g/mol. The van der Waals surface area contributed by atoms with Crippen LogP contribution in [-0.2, 0) is 22.4 Å². The molecule has 0 unspecified atom stereocenters. The number of rotatable bonds is 7. The summed E-state index contributed by atoms with van der Waals surface area (Å²) in [6.07, 6.45) is -3.08. The molecule has 3 aromatic carbocycles. The summed E-state index contributed by atoms with van der Waals surface area (Å²) in [6, 6.07) is 16.9. The Morgan fingerprint density at radius 3 is 2.42 bits per heavy atom. The molecule has 196 valence electrons. The summed E-state index contributed by atoms with van der Waals surface area (Å²) in [6.45, 7) is -0.378. The number of benzene rings is 3. The van der Waals surface area contributed by atoms with Gasteiger partial charge in [0.05, 0.1) is 10.5 Å². The van der Waals surface area contributed by atoms with Gasteiger partial charge in [-0.05, 0) is 71.9 Å². The van der Waals surface area contributed by atoms with E-state index in [4.69, 9.17) is 4.74 Å². The van der Waals surface area contributed by atoms with Crippen molar-refractivity contribution < 1.29 is 32.3 Å². The van der Waals surface area contributed by atoms with Crippen LogP contribution in [-0.4, -0.2) is 28.5 Å². The van der Waals surface area contributed by atoms with Crippen LogP contribution < -0.4 is 10.1 Å². The van der Waals surface area contributed by atoms with E-state index >= 15 is 0 Å². The summed E-state index contributed by atoms with van der Waals surface area (Å²) < 4.78 is 46.4. The fraction of sp³-hybridized carbons (Fsp3) is 0.115. The molecular weight excluding hydrogens is 653 g/mol. The largest absolute Gasteiger partial charge is 0.488 e. The first-order valence-corrected chi connectivity index (χ1v) is 13.3. The Balaban J connectivity index is 1.46. The van der Waals surface area contributed by atoms with Crippen LogP contribution in [0.5, 0.6) is 5.75 Å². The van der Waals surface area contributed by atoms with Crippen molar-refractivity contribution in [3.05, 3.63) is 97.3 Å². The Kier molecular flexibility index (Phi) is 8.64. The van der Waals surface area contributed by atoms with E-state index in [2.05, 4.69) is 37.2 Å². The van der Waals surface area contributed by atoms with Crippen LogP contribution in [0.2, 0.25) is 0 Å². The van der Waals surface area contributed by atoms with E-state index in [9.17, 15) is 27.6 Å². The number of amides is 3. The van der Waals surface area contributed by atoms with Crippen molar-refractivity contribution in [2.45, 2.75) is 12.8 Å². The summed E-state index contributed by atoms with van der Waals surface area (Å²) in [5.74, 6) is -1.03. The number of alkyl halides is 3. The molecule has 1 N–H and O–H groups in total. The second kappa shape index (κ2) is 11.7. The number of carbonyl (C=O) groups is 3. The van der Waals surface area contributed by atoms with Crippen LogP contribution in [0.4, 0.5) is 23.7 Å². The molecule has 3 amide bonds. The lowest BCUT2D eigenvalue weighted by atomic mass is 10.1. The monoisotopic (exact) mass is 668 g/mol. The molecule has 0 spiro atoms. The lowest BCUT2D eigenvalue weighted by Crippen LogP contribution is -2.36. The van der Waals surface area contributed by atoms with Crippen molar-refractivity contribution in [2.24, 2.45) is 0 Å². The Morgan fingerprint density at radius 1 is 1.00 bits per heavy atom. The minimum absolute atomic E-state index is 0.0773. The van der Waals surface area contributed by atoms with Crippen LogP contribution >= 0.6 is 43.6 Å². The lowest BCUT2D eigenvalue weighted by molar-refractivity contribution is -0.137. The Morgan fingerprint density at radius 2 is 1.71 bits per heavy atom. The van der Waals surface area contributed by atoms with E-state index < -0.39 is 35.3 Å². The molecule has 3 aromatic rings. The summed E-state index contributed by atoms with van der Waals surface area (Å²) in [5, 5.41) is 1.62. The van der Waals surface area contributed by atoms with Crippen molar-refractivity contribution in [1.82, 2.24) is 4.90 Å². The van der Waals surface area contributed by atoms with E-state index in [0.717, 1.165) is 37.6 Å². The fourth-order valence-corrected chi connectivity index (χ4v) is 4.87. The van der Waals surface area contributed by atoms with Gasteiger partial charge in [0.2, 0.25) is 5.91 Å². The van der Waals surface area contributed by atoms with Gasteiger partial charge in [-0.1, -0.05) is 50.1 Å². The van der Waals surface area contributed by atoms with Gasteiger partial charge in [-0.25, -0.2) is 0 Å². The van der Waals surface area contributed by atoms with Gasteiger partial charge in [-0.2, -0.15) is 13.2 Å². The highest BCUT2D eigenvalue weighted by Gasteiger charge is 2.36. The number of hydrogen-bond donors (Lipinski definition) is 1. The molecule has 0 atom stereocenters. The molecular formula is C26H17Br2F3N2O4S. The Hall–Kier alpha value is -3.09. The zero-order chi connectivity index (χ0) is 27.4. The third-order valence-electron chi connectivity index (χ3n) is 5.21. The summed E-state index contributed by atoms with van der Waals surface area (Å²) in [7, 11) is 0. The topological polar surface area (TPSA) is 75.7 Å². The second-order valence-electron chi connectivity index (χ2n) is 7.99. The summed E-state index contributed by atoms with van der Waals surface area (Å²) in [5.41, 5.74) is 0.426. The van der Waals surface area contributed by atoms with E-state index in [-0.39, 0.29) is 17.2 Å². The lowest BCUT2D eigenvalue weighted by Gasteiger charge is -2.13. The van der Waals surface area contributed by atoms with Gasteiger partial charge in [0.1, 0.15) is 18.9 Å². The zero-order valence-corrected chi connectivity index (χ0v) is 23.2. The molecule has 0 bridgehead atoms. The number of anilines is 1. The van der Waals surface area contributed by atoms with Crippen LogP contribution in [0.25, 0.3) is 6.08 Å². The maximum Gasteiger partial charge on any atom is 0.416 e. The minimum atomic E-state index is -4.58. The summed E-state index contributed by atoms with van der Waals surface area (Å²) in [4.78, 5) is 38.7. The second-order valence-corrected chi connectivity index (χ2v) is 10.8. The van der Waals surface area contributed by atoms with Crippen molar-refractivity contribution in [1.29, 1.82) is 0 Å². The Labute approximate surface area is 236 Å². The van der Waals surface area contributed by atoms with Gasteiger partial charge in [0.15, 0.2) is 0 Å². The number of nitrogens with zero attached hydrogens (tertiary/aromatic N) is 1. The van der Waals surface area contributed by atoms with Gasteiger partial charge in [-0.3, -0.25) is 19.3 Å². The minimum Gasteiger partial charge on any atom is -0.488 e. The highest BCUT2D eigenvalue weighted by Crippen LogP contribution is 2.35. The van der Waals surface area contributed by atoms with Crippen molar-refractivity contribution in [2.75, 3.05) is 11.9 Å². The van der Waals surface area contributed by atoms with Crippen LogP contribution in [0.15, 0.2) is 80.6 Å². The Bertz CT molecular complexity index is 1430. The van der Waals surface area contributed by atoms with E-state index in [0.29, 0.717) is 23.1 Å². The smallest absolute Gasteiger partial charge is 0.416 e. The molecule has 12 heteroatoms. The molecule has 4 rings (SSSR count). The zero-order valence-electron chi connectivity index (χ0n) is 19.2. The van der Waals surface area contributed by atoms with E-state index in [1.165, 1.54) is 12.1 Å². The quantitative estimate of drug-likeness (QED) is 0.264.